The minimum absolute atomic E-state index is 0.648. The monoisotopic (exact) mass is 194 g/mol. The number of aryl methyl sites for hydroxylation is 1. The van der Waals surface area contributed by atoms with E-state index in [0.29, 0.717) is 6.54 Å². The molecule has 0 aliphatic rings. The van der Waals surface area contributed by atoms with Crippen LogP contribution in [0, 0.1) is 6.92 Å². The van der Waals surface area contributed by atoms with Gasteiger partial charge in [0.05, 0.1) is 6.20 Å². The van der Waals surface area contributed by atoms with Crippen LogP contribution in [0.25, 0.3) is 0 Å². The van der Waals surface area contributed by atoms with Gasteiger partial charge in [0.15, 0.2) is 5.82 Å². The van der Waals surface area contributed by atoms with Gasteiger partial charge in [-0.2, -0.15) is 5.10 Å². The Hall–Kier alpha value is -1.16. The van der Waals surface area contributed by atoms with Crippen LogP contribution in [-0.2, 0) is 0 Å². The third-order valence-corrected chi connectivity index (χ3v) is 1.99. The standard InChI is InChI=1S/C10H18N4/c1-3-5-14(6-4-11)10-7-9(2)8-12-13-10/h7-8H,3-6,11H2,1-2H3. The molecule has 0 saturated heterocycles. The quantitative estimate of drug-likeness (QED) is 0.758. The molecule has 0 bridgehead atoms. The lowest BCUT2D eigenvalue weighted by molar-refractivity contribution is 0.740. The maximum absolute atomic E-state index is 5.55. The first-order valence-electron chi connectivity index (χ1n) is 5.02. The van der Waals surface area contributed by atoms with Crippen LogP contribution in [0.15, 0.2) is 12.3 Å². The van der Waals surface area contributed by atoms with E-state index < -0.39 is 0 Å². The normalized spacial score (nSPS) is 10.2. The minimum atomic E-state index is 0.648. The molecule has 0 fully saturated rings. The van der Waals surface area contributed by atoms with Crippen molar-refractivity contribution in [1.29, 1.82) is 0 Å². The molecule has 1 aromatic heterocycles. The van der Waals surface area contributed by atoms with Crippen molar-refractivity contribution < 1.29 is 0 Å². The Kier molecular flexibility index (Phi) is 4.32. The van der Waals surface area contributed by atoms with Gasteiger partial charge in [-0.05, 0) is 25.0 Å². The SMILES string of the molecule is CCCN(CCN)c1cc(C)cnn1. The molecule has 1 aromatic rings. The van der Waals surface area contributed by atoms with E-state index in [4.69, 9.17) is 5.73 Å². The molecule has 0 aliphatic heterocycles. The molecule has 1 rings (SSSR count). The van der Waals surface area contributed by atoms with E-state index >= 15 is 0 Å². The Morgan fingerprint density at radius 3 is 2.79 bits per heavy atom. The molecule has 0 atom stereocenters. The summed E-state index contributed by atoms with van der Waals surface area (Å²) in [5.74, 6) is 0.928. The number of nitrogens with two attached hydrogens (primary N) is 1. The van der Waals surface area contributed by atoms with Gasteiger partial charge in [0.1, 0.15) is 0 Å². The van der Waals surface area contributed by atoms with Crippen molar-refractivity contribution in [2.45, 2.75) is 20.3 Å². The molecule has 1 heterocycles. The lowest BCUT2D eigenvalue weighted by Crippen LogP contribution is -2.31. The topological polar surface area (TPSA) is 55.0 Å². The third kappa shape index (κ3) is 2.96. The first-order chi connectivity index (χ1) is 6.77. The van der Waals surface area contributed by atoms with E-state index in [1.807, 2.05) is 13.0 Å². The molecule has 0 amide bonds. The van der Waals surface area contributed by atoms with Crippen molar-refractivity contribution >= 4 is 5.82 Å². The van der Waals surface area contributed by atoms with Crippen LogP contribution in [0.3, 0.4) is 0 Å². The lowest BCUT2D eigenvalue weighted by atomic mass is 10.3. The average molecular weight is 194 g/mol. The van der Waals surface area contributed by atoms with Crippen LogP contribution >= 0.6 is 0 Å². The summed E-state index contributed by atoms with van der Waals surface area (Å²) in [5, 5.41) is 8.03. The highest BCUT2D eigenvalue weighted by Crippen LogP contribution is 2.10. The number of nitrogens with zero attached hydrogens (tertiary/aromatic N) is 3. The van der Waals surface area contributed by atoms with Crippen molar-refractivity contribution in [2.24, 2.45) is 5.73 Å². The van der Waals surface area contributed by atoms with E-state index in [-0.39, 0.29) is 0 Å². The first-order valence-corrected chi connectivity index (χ1v) is 5.02. The Balaban J connectivity index is 2.75. The van der Waals surface area contributed by atoms with E-state index in [0.717, 1.165) is 30.9 Å². The second-order valence-corrected chi connectivity index (χ2v) is 3.37. The van der Waals surface area contributed by atoms with Crippen LogP contribution in [0.1, 0.15) is 18.9 Å². The molecule has 4 nitrogen and oxygen atoms in total. The smallest absolute Gasteiger partial charge is 0.151 e. The molecule has 0 aliphatic carbocycles. The van der Waals surface area contributed by atoms with Crippen LogP contribution in [0.4, 0.5) is 5.82 Å². The Morgan fingerprint density at radius 2 is 2.21 bits per heavy atom. The molecular weight excluding hydrogens is 176 g/mol. The zero-order valence-electron chi connectivity index (χ0n) is 8.90. The predicted molar refractivity (Wildman–Crippen MR) is 58.3 cm³/mol. The first kappa shape index (κ1) is 10.9. The van der Waals surface area contributed by atoms with Crippen LogP contribution < -0.4 is 10.6 Å². The number of anilines is 1. The fraction of sp³-hybridized carbons (Fsp3) is 0.600. The fourth-order valence-electron chi connectivity index (χ4n) is 1.37. The lowest BCUT2D eigenvalue weighted by Gasteiger charge is -2.21. The summed E-state index contributed by atoms with van der Waals surface area (Å²) < 4.78 is 0. The molecule has 0 unspecified atom stereocenters. The van der Waals surface area contributed by atoms with Gasteiger partial charge in [0, 0.05) is 19.6 Å². The van der Waals surface area contributed by atoms with Crippen LogP contribution in [0.5, 0.6) is 0 Å². The Labute approximate surface area is 85.1 Å². The number of hydrogen-bond donors (Lipinski definition) is 1. The van der Waals surface area contributed by atoms with Crippen molar-refractivity contribution in [1.82, 2.24) is 10.2 Å². The Morgan fingerprint density at radius 1 is 1.43 bits per heavy atom. The average Bonchev–Trinajstić information content (AvgIpc) is 2.17. The largest absolute Gasteiger partial charge is 0.354 e. The third-order valence-electron chi connectivity index (χ3n) is 1.99. The van der Waals surface area contributed by atoms with Crippen molar-refractivity contribution in [3.63, 3.8) is 0 Å². The molecule has 0 saturated carbocycles. The van der Waals surface area contributed by atoms with Gasteiger partial charge in [-0.3, -0.25) is 0 Å². The molecule has 0 radical (unpaired) electrons. The summed E-state index contributed by atoms with van der Waals surface area (Å²) in [5.41, 5.74) is 6.68. The maximum atomic E-state index is 5.55. The Bertz CT molecular complexity index is 269. The highest BCUT2D eigenvalue weighted by atomic mass is 15.3. The summed E-state index contributed by atoms with van der Waals surface area (Å²) in [6, 6.07) is 2.04. The van der Waals surface area contributed by atoms with Gasteiger partial charge in [-0.15, -0.1) is 5.10 Å². The summed E-state index contributed by atoms with van der Waals surface area (Å²) in [4.78, 5) is 2.17. The van der Waals surface area contributed by atoms with Gasteiger partial charge >= 0.3 is 0 Å². The van der Waals surface area contributed by atoms with Gasteiger partial charge in [-0.1, -0.05) is 6.92 Å². The predicted octanol–water partition coefficient (Wildman–Crippen LogP) is 0.960. The number of hydrogen-bond acceptors (Lipinski definition) is 4. The van der Waals surface area contributed by atoms with E-state index in [9.17, 15) is 0 Å². The van der Waals surface area contributed by atoms with Gasteiger partial charge in [0.2, 0.25) is 0 Å². The molecule has 14 heavy (non-hydrogen) atoms. The maximum Gasteiger partial charge on any atom is 0.151 e. The fourth-order valence-corrected chi connectivity index (χ4v) is 1.37. The van der Waals surface area contributed by atoms with Gasteiger partial charge < -0.3 is 10.6 Å². The molecule has 2 N–H and O–H groups in total. The molecule has 4 heteroatoms. The molecule has 78 valence electrons. The molecule has 0 spiro atoms. The van der Waals surface area contributed by atoms with Crippen molar-refractivity contribution in [3.05, 3.63) is 17.8 Å². The van der Waals surface area contributed by atoms with Gasteiger partial charge in [-0.25, -0.2) is 0 Å². The van der Waals surface area contributed by atoms with Crippen LogP contribution in [-0.4, -0.2) is 29.8 Å². The molecular formula is C10H18N4. The van der Waals surface area contributed by atoms with Crippen LogP contribution in [0.2, 0.25) is 0 Å². The van der Waals surface area contributed by atoms with Gasteiger partial charge in [0.25, 0.3) is 0 Å². The summed E-state index contributed by atoms with van der Waals surface area (Å²) in [7, 11) is 0. The summed E-state index contributed by atoms with van der Waals surface area (Å²) in [6.07, 6.45) is 2.85. The summed E-state index contributed by atoms with van der Waals surface area (Å²) >= 11 is 0. The second-order valence-electron chi connectivity index (χ2n) is 3.37. The molecule has 0 aromatic carbocycles. The zero-order valence-corrected chi connectivity index (χ0v) is 8.90. The second kappa shape index (κ2) is 5.54. The highest BCUT2D eigenvalue weighted by molar-refractivity contribution is 5.38. The number of aromatic nitrogens is 2. The van der Waals surface area contributed by atoms with E-state index in [1.54, 1.807) is 6.20 Å². The summed E-state index contributed by atoms with van der Waals surface area (Å²) in [6.45, 7) is 6.63. The van der Waals surface area contributed by atoms with E-state index in [1.165, 1.54) is 0 Å². The highest BCUT2D eigenvalue weighted by Gasteiger charge is 2.05. The number of rotatable bonds is 5. The van der Waals surface area contributed by atoms with Crippen molar-refractivity contribution in [2.75, 3.05) is 24.5 Å². The zero-order chi connectivity index (χ0) is 10.4. The van der Waals surface area contributed by atoms with Crippen molar-refractivity contribution in [3.8, 4) is 0 Å². The van der Waals surface area contributed by atoms with E-state index in [2.05, 4.69) is 22.0 Å². The minimum Gasteiger partial charge on any atom is -0.354 e.